The Labute approximate surface area is 120 Å². The molecule has 0 aliphatic carbocycles. The minimum Gasteiger partial charge on any atom is -0.311 e. The van der Waals surface area contributed by atoms with Crippen molar-refractivity contribution < 1.29 is 0 Å². The van der Waals surface area contributed by atoms with Gasteiger partial charge < -0.3 is 5.32 Å². The number of likely N-dealkylation sites (tertiary alicyclic amines) is 1. The molecule has 0 saturated carbocycles. The van der Waals surface area contributed by atoms with Crippen molar-refractivity contribution in [2.75, 3.05) is 13.1 Å². The molecule has 0 aromatic heterocycles. The van der Waals surface area contributed by atoms with Gasteiger partial charge in [-0.1, -0.05) is 20.3 Å². The van der Waals surface area contributed by atoms with Crippen LogP contribution < -0.4 is 5.32 Å². The Morgan fingerprint density at radius 2 is 1.95 bits per heavy atom. The molecule has 2 aliphatic heterocycles. The quantitative estimate of drug-likeness (QED) is 0.814. The Hall–Kier alpha value is -0.0800. The van der Waals surface area contributed by atoms with E-state index in [1.807, 2.05) is 0 Å². The topological polar surface area (TPSA) is 15.3 Å². The van der Waals surface area contributed by atoms with Crippen molar-refractivity contribution in [3.63, 3.8) is 0 Å². The number of hydrogen-bond donors (Lipinski definition) is 1. The lowest BCUT2D eigenvalue weighted by Crippen LogP contribution is -2.48. The summed E-state index contributed by atoms with van der Waals surface area (Å²) in [5, 5.41) is 3.83. The third-order valence-electron chi connectivity index (χ3n) is 5.64. The van der Waals surface area contributed by atoms with Gasteiger partial charge >= 0.3 is 0 Å². The number of hydrogen-bond acceptors (Lipinski definition) is 2. The van der Waals surface area contributed by atoms with Crippen molar-refractivity contribution in [1.29, 1.82) is 0 Å². The number of nitrogens with zero attached hydrogens (tertiary/aromatic N) is 1. The second-order valence-electron chi connectivity index (χ2n) is 7.36. The van der Waals surface area contributed by atoms with Crippen LogP contribution in [0, 0.1) is 5.92 Å². The average molecular weight is 266 g/mol. The van der Waals surface area contributed by atoms with Crippen LogP contribution in [0.25, 0.3) is 0 Å². The van der Waals surface area contributed by atoms with E-state index in [4.69, 9.17) is 0 Å². The minimum absolute atomic E-state index is 0.445. The molecule has 19 heavy (non-hydrogen) atoms. The standard InChI is InChI=1S/C17H34N2/c1-14(2)17(10-7-12-18-17)11-9-16-8-5-6-13-19(16)15(3)4/h14-16,18H,5-13H2,1-4H3. The molecule has 2 aliphatic rings. The van der Waals surface area contributed by atoms with E-state index in [1.165, 1.54) is 58.0 Å². The van der Waals surface area contributed by atoms with Gasteiger partial charge in [0.15, 0.2) is 0 Å². The molecule has 2 saturated heterocycles. The molecule has 0 bridgehead atoms. The molecule has 112 valence electrons. The van der Waals surface area contributed by atoms with Crippen molar-refractivity contribution >= 4 is 0 Å². The Balaban J connectivity index is 1.92. The highest BCUT2D eigenvalue weighted by Gasteiger charge is 2.37. The van der Waals surface area contributed by atoms with Gasteiger partial charge in [0, 0.05) is 17.6 Å². The first-order valence-corrected chi connectivity index (χ1v) is 8.56. The highest BCUT2D eigenvalue weighted by molar-refractivity contribution is 4.96. The summed E-state index contributed by atoms with van der Waals surface area (Å²) in [4.78, 5) is 2.76. The molecule has 2 heteroatoms. The van der Waals surface area contributed by atoms with Gasteiger partial charge in [0.1, 0.15) is 0 Å². The smallest absolute Gasteiger partial charge is 0.0205 e. The highest BCUT2D eigenvalue weighted by Crippen LogP contribution is 2.34. The van der Waals surface area contributed by atoms with Crippen LogP contribution in [0.5, 0.6) is 0 Å². The second-order valence-corrected chi connectivity index (χ2v) is 7.36. The van der Waals surface area contributed by atoms with E-state index in [0.717, 1.165) is 18.0 Å². The molecule has 0 amide bonds. The molecule has 0 spiro atoms. The van der Waals surface area contributed by atoms with Crippen LogP contribution in [0.2, 0.25) is 0 Å². The van der Waals surface area contributed by atoms with Crippen molar-refractivity contribution in [2.24, 2.45) is 5.92 Å². The molecule has 2 fully saturated rings. The fourth-order valence-electron chi connectivity index (χ4n) is 4.26. The van der Waals surface area contributed by atoms with Crippen molar-refractivity contribution in [3.05, 3.63) is 0 Å². The zero-order valence-electron chi connectivity index (χ0n) is 13.5. The molecule has 2 unspecified atom stereocenters. The maximum absolute atomic E-state index is 3.83. The van der Waals surface area contributed by atoms with Gasteiger partial charge in [0.2, 0.25) is 0 Å². The van der Waals surface area contributed by atoms with E-state index in [2.05, 4.69) is 37.9 Å². The maximum Gasteiger partial charge on any atom is 0.0205 e. The van der Waals surface area contributed by atoms with Crippen molar-refractivity contribution in [1.82, 2.24) is 10.2 Å². The highest BCUT2D eigenvalue weighted by atomic mass is 15.2. The predicted octanol–water partition coefficient (Wildman–Crippen LogP) is 3.81. The van der Waals surface area contributed by atoms with E-state index >= 15 is 0 Å². The SMILES string of the molecule is CC(C)N1CCCCC1CCC1(C(C)C)CCCN1. The van der Waals surface area contributed by atoms with Gasteiger partial charge in [-0.2, -0.15) is 0 Å². The summed E-state index contributed by atoms with van der Waals surface area (Å²) in [5.41, 5.74) is 0.445. The summed E-state index contributed by atoms with van der Waals surface area (Å²) in [7, 11) is 0. The van der Waals surface area contributed by atoms with Crippen LogP contribution in [-0.4, -0.2) is 35.6 Å². The van der Waals surface area contributed by atoms with Crippen molar-refractivity contribution in [3.8, 4) is 0 Å². The van der Waals surface area contributed by atoms with E-state index in [0.29, 0.717) is 5.54 Å². The Morgan fingerprint density at radius 3 is 2.53 bits per heavy atom. The van der Waals surface area contributed by atoms with Crippen molar-refractivity contribution in [2.45, 2.75) is 90.3 Å². The third-order valence-corrected chi connectivity index (χ3v) is 5.64. The largest absolute Gasteiger partial charge is 0.311 e. The molecule has 0 aromatic carbocycles. The number of nitrogens with one attached hydrogen (secondary N) is 1. The van der Waals surface area contributed by atoms with E-state index in [1.54, 1.807) is 0 Å². The molecule has 2 atom stereocenters. The second kappa shape index (κ2) is 6.58. The Kier molecular flexibility index (Phi) is 5.30. The van der Waals surface area contributed by atoms with Crippen LogP contribution in [0.15, 0.2) is 0 Å². The monoisotopic (exact) mass is 266 g/mol. The lowest BCUT2D eigenvalue weighted by molar-refractivity contribution is 0.0922. The van der Waals surface area contributed by atoms with Crippen LogP contribution in [0.4, 0.5) is 0 Å². The fourth-order valence-corrected chi connectivity index (χ4v) is 4.26. The van der Waals surface area contributed by atoms with Gasteiger partial charge in [-0.15, -0.1) is 0 Å². The van der Waals surface area contributed by atoms with Gasteiger partial charge in [0.25, 0.3) is 0 Å². The summed E-state index contributed by atoms with van der Waals surface area (Å²) >= 11 is 0. The van der Waals surface area contributed by atoms with E-state index in [9.17, 15) is 0 Å². The Morgan fingerprint density at radius 1 is 1.16 bits per heavy atom. The molecule has 1 N–H and O–H groups in total. The van der Waals surface area contributed by atoms with E-state index < -0.39 is 0 Å². The van der Waals surface area contributed by atoms with Gasteiger partial charge in [0.05, 0.1) is 0 Å². The first-order valence-electron chi connectivity index (χ1n) is 8.56. The van der Waals surface area contributed by atoms with Gasteiger partial charge in [-0.25, -0.2) is 0 Å². The number of piperidine rings is 1. The molecular formula is C17H34N2. The third kappa shape index (κ3) is 3.52. The Bertz CT molecular complexity index is 266. The first-order chi connectivity index (χ1) is 9.05. The number of rotatable bonds is 5. The lowest BCUT2D eigenvalue weighted by atomic mass is 9.79. The van der Waals surface area contributed by atoms with Crippen LogP contribution in [0.3, 0.4) is 0 Å². The molecular weight excluding hydrogens is 232 g/mol. The first kappa shape index (κ1) is 15.3. The van der Waals surface area contributed by atoms with Gasteiger partial charge in [-0.3, -0.25) is 4.90 Å². The molecule has 0 aromatic rings. The summed E-state index contributed by atoms with van der Waals surface area (Å²) in [6, 6.07) is 1.56. The summed E-state index contributed by atoms with van der Waals surface area (Å²) in [6.07, 6.45) is 9.79. The summed E-state index contributed by atoms with van der Waals surface area (Å²) < 4.78 is 0. The molecule has 0 radical (unpaired) electrons. The molecule has 2 nitrogen and oxygen atoms in total. The van der Waals surface area contributed by atoms with E-state index in [-0.39, 0.29) is 0 Å². The molecule has 2 heterocycles. The van der Waals surface area contributed by atoms with Gasteiger partial charge in [-0.05, 0) is 71.4 Å². The lowest BCUT2D eigenvalue weighted by Gasteiger charge is -2.41. The van der Waals surface area contributed by atoms with Crippen LogP contribution in [-0.2, 0) is 0 Å². The zero-order chi connectivity index (χ0) is 13.9. The maximum atomic E-state index is 3.83. The summed E-state index contributed by atoms with van der Waals surface area (Å²) in [6.45, 7) is 12.1. The predicted molar refractivity (Wildman–Crippen MR) is 83.5 cm³/mol. The molecule has 2 rings (SSSR count). The minimum atomic E-state index is 0.445. The summed E-state index contributed by atoms with van der Waals surface area (Å²) in [5.74, 6) is 0.770. The normalized spacial score (nSPS) is 33.5. The van der Waals surface area contributed by atoms with Crippen LogP contribution >= 0.6 is 0 Å². The average Bonchev–Trinajstić information content (AvgIpc) is 2.86. The van der Waals surface area contributed by atoms with Crippen LogP contribution in [0.1, 0.15) is 72.6 Å². The zero-order valence-corrected chi connectivity index (χ0v) is 13.5. The fraction of sp³-hybridized carbons (Fsp3) is 1.00.